The molecule has 0 aromatic rings. The molecule has 0 rings (SSSR count). The largest absolute Gasteiger partial charge is 0.103 e. The van der Waals surface area contributed by atoms with E-state index in [9.17, 15) is 0 Å². The smallest absolute Gasteiger partial charge is 0.0473 e. The van der Waals surface area contributed by atoms with E-state index in [0.29, 0.717) is 0 Å². The van der Waals surface area contributed by atoms with Gasteiger partial charge in [-0.25, -0.2) is 0 Å². The molecule has 0 N–H and O–H groups in total. The fourth-order valence-corrected chi connectivity index (χ4v) is 0. The van der Waals surface area contributed by atoms with E-state index in [1.807, 2.05) is 20.8 Å². The summed E-state index contributed by atoms with van der Waals surface area (Å²) in [6, 6.07) is 0. The van der Waals surface area contributed by atoms with Crippen molar-refractivity contribution in [2.45, 2.75) is 55.4 Å². The molecule has 0 amide bonds. The third-order valence-electron chi connectivity index (χ3n) is 0.816. The summed E-state index contributed by atoms with van der Waals surface area (Å²) in [5.74, 6) is 0.884. The first-order chi connectivity index (χ1) is 4.68. The highest BCUT2D eigenvalue weighted by atomic mass is 13.9. The molecular formula is C11H28. The monoisotopic (exact) mass is 160 g/mol. The van der Waals surface area contributed by atoms with Gasteiger partial charge in [-0.05, 0) is 12.8 Å². The molecule has 0 saturated heterocycles. The van der Waals surface area contributed by atoms with Gasteiger partial charge in [0.15, 0.2) is 0 Å². The molecule has 0 aromatic carbocycles. The maximum atomic E-state index is 3.36. The molecule has 0 bridgehead atoms. The van der Waals surface area contributed by atoms with Crippen LogP contribution >= 0.6 is 0 Å². The Kier molecular flexibility index (Phi) is 67.5. The minimum atomic E-state index is 0. The summed E-state index contributed by atoms with van der Waals surface area (Å²) < 4.78 is 0. The molecule has 0 aliphatic rings. The summed E-state index contributed by atoms with van der Waals surface area (Å²) in [7, 11) is 0. The Labute approximate surface area is 74.7 Å². The molecule has 0 aliphatic carbocycles. The highest BCUT2D eigenvalue weighted by molar-refractivity contribution is 4.51. The molecule has 0 radical (unpaired) electrons. The van der Waals surface area contributed by atoms with E-state index in [1.54, 1.807) is 6.08 Å². The second kappa shape index (κ2) is 33.1. The Hall–Kier alpha value is -0.260. The predicted octanol–water partition coefficient (Wildman–Crippen LogP) is 4.91. The van der Waals surface area contributed by atoms with Crippen molar-refractivity contribution in [3.63, 3.8) is 0 Å². The van der Waals surface area contributed by atoms with E-state index in [-0.39, 0.29) is 7.43 Å². The van der Waals surface area contributed by atoms with Crippen LogP contribution in [0.1, 0.15) is 55.4 Å². The Morgan fingerprint density at radius 2 is 1.36 bits per heavy atom. The molecule has 0 unspecified atom stereocenters. The van der Waals surface area contributed by atoms with Crippen LogP contribution in [-0.2, 0) is 0 Å². The third kappa shape index (κ3) is 193. The lowest BCUT2D eigenvalue weighted by Crippen LogP contribution is -1.77. The lowest BCUT2D eigenvalue weighted by molar-refractivity contribution is 0.626. The molecule has 11 heavy (non-hydrogen) atoms. The van der Waals surface area contributed by atoms with E-state index >= 15 is 0 Å². The minimum Gasteiger partial charge on any atom is -0.103 e. The molecule has 0 saturated carbocycles. The average molecular weight is 160 g/mol. The van der Waals surface area contributed by atoms with E-state index in [4.69, 9.17) is 0 Å². The van der Waals surface area contributed by atoms with Crippen molar-refractivity contribution in [3.8, 4) is 0 Å². The van der Waals surface area contributed by atoms with Gasteiger partial charge in [0, 0.05) is 0 Å². The van der Waals surface area contributed by atoms with Crippen molar-refractivity contribution in [2.75, 3.05) is 0 Å². The molecule has 0 heteroatoms. The van der Waals surface area contributed by atoms with Crippen molar-refractivity contribution in [1.29, 1.82) is 0 Å². The predicted molar refractivity (Wildman–Crippen MR) is 59.1 cm³/mol. The normalized spacial score (nSPS) is 6.09. The van der Waals surface area contributed by atoms with Gasteiger partial charge in [-0.2, -0.15) is 0 Å². The van der Waals surface area contributed by atoms with E-state index in [2.05, 4.69) is 27.4 Å². The van der Waals surface area contributed by atoms with Crippen LogP contribution in [0.2, 0.25) is 0 Å². The Bertz CT molecular complexity index is 35.3. The van der Waals surface area contributed by atoms with Gasteiger partial charge in [-0.3, -0.25) is 0 Å². The van der Waals surface area contributed by atoms with Gasteiger partial charge in [0.1, 0.15) is 0 Å². The molecule has 0 fully saturated rings. The van der Waals surface area contributed by atoms with Crippen LogP contribution in [0.4, 0.5) is 0 Å². The van der Waals surface area contributed by atoms with Crippen LogP contribution in [-0.4, -0.2) is 0 Å². The van der Waals surface area contributed by atoms with Crippen molar-refractivity contribution in [3.05, 3.63) is 12.7 Å². The first-order valence-corrected chi connectivity index (χ1v) is 4.26. The Morgan fingerprint density at radius 3 is 1.36 bits per heavy atom. The molecule has 0 atom stereocenters. The Balaban J connectivity index is -0.0000000360. The minimum absolute atomic E-state index is 0. The quantitative estimate of drug-likeness (QED) is 0.478. The van der Waals surface area contributed by atoms with E-state index in [1.165, 1.54) is 6.42 Å². The third-order valence-corrected chi connectivity index (χ3v) is 0.816. The molecular weight excluding hydrogens is 132 g/mol. The fourth-order valence-electron chi connectivity index (χ4n) is 0. The van der Waals surface area contributed by atoms with Gasteiger partial charge < -0.3 is 0 Å². The Morgan fingerprint density at radius 1 is 1.27 bits per heavy atom. The van der Waals surface area contributed by atoms with Crippen LogP contribution in [0.3, 0.4) is 0 Å². The van der Waals surface area contributed by atoms with Crippen LogP contribution in [0.5, 0.6) is 0 Å². The van der Waals surface area contributed by atoms with Gasteiger partial charge in [0.25, 0.3) is 0 Å². The van der Waals surface area contributed by atoms with Crippen molar-refractivity contribution in [1.82, 2.24) is 0 Å². The first-order valence-electron chi connectivity index (χ1n) is 4.26. The van der Waals surface area contributed by atoms with Crippen LogP contribution < -0.4 is 0 Å². The maximum Gasteiger partial charge on any atom is -0.0473 e. The number of hydrogen-bond donors (Lipinski definition) is 0. The number of rotatable bonds is 1. The second-order valence-electron chi connectivity index (χ2n) is 2.21. The summed E-state index contributed by atoms with van der Waals surface area (Å²) in [4.78, 5) is 0. The SMILES string of the molecule is C.C=CC.CC.CCC(C)C. The van der Waals surface area contributed by atoms with Crippen molar-refractivity contribution < 1.29 is 0 Å². The van der Waals surface area contributed by atoms with Crippen molar-refractivity contribution >= 4 is 0 Å². The van der Waals surface area contributed by atoms with E-state index in [0.717, 1.165) is 5.92 Å². The van der Waals surface area contributed by atoms with Gasteiger partial charge in [-0.15, -0.1) is 6.58 Å². The zero-order valence-electron chi connectivity index (χ0n) is 8.57. The summed E-state index contributed by atoms with van der Waals surface area (Å²) in [5.41, 5.74) is 0. The fraction of sp³-hybridized carbons (Fsp3) is 0.818. The van der Waals surface area contributed by atoms with Gasteiger partial charge in [-0.1, -0.05) is 54.5 Å². The standard InChI is InChI=1S/C5H12.C3H6.C2H6.CH4/c1-4-5(2)3;1-3-2;1-2;/h5H,4H2,1-3H3;3H,1H2,2H3;1-2H3;1H4. The average Bonchev–Trinajstić information content (AvgIpc) is 1.94. The van der Waals surface area contributed by atoms with Gasteiger partial charge in [0.05, 0.1) is 0 Å². The van der Waals surface area contributed by atoms with E-state index < -0.39 is 0 Å². The maximum absolute atomic E-state index is 3.36. The van der Waals surface area contributed by atoms with Crippen molar-refractivity contribution in [2.24, 2.45) is 5.92 Å². The van der Waals surface area contributed by atoms with Crippen LogP contribution in [0.25, 0.3) is 0 Å². The molecule has 0 aromatic heterocycles. The highest BCUT2D eigenvalue weighted by Crippen LogP contribution is 1.93. The lowest BCUT2D eigenvalue weighted by atomic mass is 10.2. The summed E-state index contributed by atoms with van der Waals surface area (Å²) >= 11 is 0. The molecule has 0 heterocycles. The zero-order chi connectivity index (χ0) is 8.99. The first kappa shape index (κ1) is 22.4. The summed E-state index contributed by atoms with van der Waals surface area (Å²) in [6.07, 6.45) is 3.06. The molecule has 72 valence electrons. The zero-order valence-corrected chi connectivity index (χ0v) is 8.57. The van der Waals surface area contributed by atoms with Gasteiger partial charge in [0.2, 0.25) is 0 Å². The van der Waals surface area contributed by atoms with Gasteiger partial charge >= 0.3 is 0 Å². The molecule has 0 spiro atoms. The lowest BCUT2D eigenvalue weighted by Gasteiger charge is -1.90. The van der Waals surface area contributed by atoms with Crippen LogP contribution in [0, 0.1) is 5.92 Å². The summed E-state index contributed by atoms with van der Waals surface area (Å²) in [6.45, 7) is 15.9. The number of hydrogen-bond acceptors (Lipinski definition) is 0. The highest BCUT2D eigenvalue weighted by Gasteiger charge is 1.80. The topological polar surface area (TPSA) is 0 Å². The summed E-state index contributed by atoms with van der Waals surface area (Å²) in [5, 5.41) is 0. The molecule has 0 nitrogen and oxygen atoms in total. The van der Waals surface area contributed by atoms with Crippen LogP contribution in [0.15, 0.2) is 12.7 Å². The molecule has 0 aliphatic heterocycles. The number of allylic oxidation sites excluding steroid dienone is 1. The second-order valence-corrected chi connectivity index (χ2v) is 2.21.